The van der Waals surface area contributed by atoms with E-state index in [4.69, 9.17) is 0 Å². The highest BCUT2D eigenvalue weighted by Gasteiger charge is 2.07. The maximum atomic E-state index is 11.8. The number of allylic oxidation sites excluding steroid dienone is 1. The van der Waals surface area contributed by atoms with E-state index in [-0.39, 0.29) is 5.56 Å². The van der Waals surface area contributed by atoms with Crippen LogP contribution in [0.1, 0.15) is 15.9 Å². The predicted molar refractivity (Wildman–Crippen MR) is 72.3 cm³/mol. The van der Waals surface area contributed by atoms with Crippen LogP contribution in [0.2, 0.25) is 0 Å². The first-order valence-electron chi connectivity index (χ1n) is 5.88. The quantitative estimate of drug-likeness (QED) is 0.769. The molecule has 0 aliphatic rings. The second-order valence-electron chi connectivity index (χ2n) is 4.13. The van der Waals surface area contributed by atoms with Crippen LogP contribution in [0.3, 0.4) is 0 Å². The molecule has 19 heavy (non-hydrogen) atoms. The highest BCUT2D eigenvalue weighted by atomic mass is 19.3. The van der Waals surface area contributed by atoms with Gasteiger partial charge in [0, 0.05) is 4.53 Å². The Balaban J connectivity index is 2.22. The van der Waals surface area contributed by atoms with E-state index < -0.39 is 5.97 Å². The lowest BCUT2D eigenvalue weighted by atomic mass is 10.0. The normalized spacial score (nSPS) is 9.95. The molecule has 0 saturated carbocycles. The van der Waals surface area contributed by atoms with Gasteiger partial charge in [-0.15, -0.1) is 6.58 Å². The van der Waals surface area contributed by atoms with Crippen LogP contribution >= 0.6 is 0 Å². The summed E-state index contributed by atoms with van der Waals surface area (Å²) < 4.78 is 11.8. The largest absolute Gasteiger partial charge is 0.379 e. The van der Waals surface area contributed by atoms with E-state index >= 15 is 0 Å². The van der Waals surface area contributed by atoms with Crippen molar-refractivity contribution in [3.63, 3.8) is 0 Å². The van der Waals surface area contributed by atoms with Gasteiger partial charge in [0.05, 0.1) is 5.56 Å². The number of carbonyl (C=O) groups is 1. The molecule has 0 aliphatic carbocycles. The van der Waals surface area contributed by atoms with E-state index in [1.165, 1.54) is 17.7 Å². The molecular weight excluding hydrogens is 243 g/mol. The average molecular weight is 256 g/mol. The molecular formula is C16H13FO2. The molecule has 0 heterocycles. The van der Waals surface area contributed by atoms with Gasteiger partial charge in [-0.3, -0.25) is 0 Å². The van der Waals surface area contributed by atoms with Gasteiger partial charge in [0.15, 0.2) is 0 Å². The van der Waals surface area contributed by atoms with Gasteiger partial charge in [0.2, 0.25) is 0 Å². The summed E-state index contributed by atoms with van der Waals surface area (Å²) in [6.45, 7) is 3.70. The summed E-state index contributed by atoms with van der Waals surface area (Å²) >= 11 is 0. The van der Waals surface area contributed by atoms with Gasteiger partial charge in [-0.05, 0) is 35.2 Å². The summed E-state index contributed by atoms with van der Waals surface area (Å²) in [5.74, 6) is -0.979. The molecule has 2 nitrogen and oxygen atoms in total. The first-order chi connectivity index (χ1) is 9.24. The van der Waals surface area contributed by atoms with Gasteiger partial charge in [-0.1, -0.05) is 42.5 Å². The lowest BCUT2D eigenvalue weighted by molar-refractivity contribution is -0.0788. The molecule has 0 spiro atoms. The van der Waals surface area contributed by atoms with Crippen LogP contribution in [0, 0.1) is 0 Å². The summed E-state index contributed by atoms with van der Waals surface area (Å²) in [5.41, 5.74) is 3.37. The molecule has 2 aromatic carbocycles. The van der Waals surface area contributed by atoms with Crippen molar-refractivity contribution in [1.29, 1.82) is 0 Å². The third-order valence-corrected chi connectivity index (χ3v) is 2.86. The van der Waals surface area contributed by atoms with E-state index in [9.17, 15) is 9.32 Å². The van der Waals surface area contributed by atoms with Crippen molar-refractivity contribution in [2.24, 2.45) is 0 Å². The molecule has 96 valence electrons. The Kier molecular flexibility index (Phi) is 4.08. The summed E-state index contributed by atoms with van der Waals surface area (Å²) in [6, 6.07) is 14.7. The van der Waals surface area contributed by atoms with Crippen molar-refractivity contribution in [3.8, 4) is 11.1 Å². The standard InChI is InChI=1S/C16H13FO2/c1-2-3-12-4-6-13(7-5-12)14-8-10-15(11-9-14)16(18)19-17/h2,4-11H,1,3H2. The zero-order valence-electron chi connectivity index (χ0n) is 10.3. The molecule has 0 saturated heterocycles. The van der Waals surface area contributed by atoms with Crippen LogP contribution in [-0.4, -0.2) is 5.97 Å². The third kappa shape index (κ3) is 3.07. The fourth-order valence-electron chi connectivity index (χ4n) is 1.84. The van der Waals surface area contributed by atoms with Crippen molar-refractivity contribution in [3.05, 3.63) is 72.3 Å². The van der Waals surface area contributed by atoms with Crippen molar-refractivity contribution in [1.82, 2.24) is 0 Å². The summed E-state index contributed by atoms with van der Waals surface area (Å²) in [7, 11) is 0. The second-order valence-corrected chi connectivity index (χ2v) is 4.13. The average Bonchev–Trinajstić information content (AvgIpc) is 2.48. The monoisotopic (exact) mass is 256 g/mol. The van der Waals surface area contributed by atoms with Gasteiger partial charge in [0.1, 0.15) is 0 Å². The van der Waals surface area contributed by atoms with Crippen LogP contribution < -0.4 is 0 Å². The van der Waals surface area contributed by atoms with Crippen LogP contribution in [0.5, 0.6) is 0 Å². The predicted octanol–water partition coefficient (Wildman–Crippen LogP) is 4.12. The minimum Gasteiger partial charge on any atom is -0.249 e. The minimum atomic E-state index is -0.979. The van der Waals surface area contributed by atoms with Gasteiger partial charge >= 0.3 is 5.97 Å². The molecule has 0 aromatic heterocycles. The van der Waals surface area contributed by atoms with Crippen molar-refractivity contribution in [2.45, 2.75) is 6.42 Å². The highest BCUT2D eigenvalue weighted by molar-refractivity contribution is 5.89. The third-order valence-electron chi connectivity index (χ3n) is 2.86. The molecule has 0 radical (unpaired) electrons. The Morgan fingerprint density at radius 1 is 1.05 bits per heavy atom. The maximum Gasteiger partial charge on any atom is 0.379 e. The molecule has 0 amide bonds. The zero-order chi connectivity index (χ0) is 13.7. The van der Waals surface area contributed by atoms with E-state index in [0.29, 0.717) is 0 Å². The van der Waals surface area contributed by atoms with Gasteiger partial charge in [-0.2, -0.15) is 0 Å². The Hall–Kier alpha value is -2.42. The Labute approximate surface area is 111 Å². The maximum absolute atomic E-state index is 11.8. The van der Waals surface area contributed by atoms with E-state index in [2.05, 4.69) is 11.5 Å². The lowest BCUT2D eigenvalue weighted by Crippen LogP contribution is -1.97. The molecule has 3 heteroatoms. The number of halogens is 1. The van der Waals surface area contributed by atoms with E-state index in [1.807, 2.05) is 30.3 Å². The molecule has 0 atom stereocenters. The Morgan fingerprint density at radius 3 is 2.05 bits per heavy atom. The van der Waals surface area contributed by atoms with Gasteiger partial charge in [-0.25, -0.2) is 9.74 Å². The highest BCUT2D eigenvalue weighted by Crippen LogP contribution is 2.21. The molecule has 2 rings (SSSR count). The van der Waals surface area contributed by atoms with Gasteiger partial charge < -0.3 is 0 Å². The fraction of sp³-hybridized carbons (Fsp3) is 0.0625. The number of hydrogen-bond donors (Lipinski definition) is 0. The van der Waals surface area contributed by atoms with E-state index in [0.717, 1.165) is 17.5 Å². The van der Waals surface area contributed by atoms with Crippen molar-refractivity contribution in [2.75, 3.05) is 0 Å². The fourth-order valence-corrected chi connectivity index (χ4v) is 1.84. The molecule has 0 bridgehead atoms. The summed E-state index contributed by atoms with van der Waals surface area (Å²) in [4.78, 5) is 14.1. The number of rotatable bonds is 4. The Morgan fingerprint density at radius 2 is 1.58 bits per heavy atom. The first-order valence-corrected chi connectivity index (χ1v) is 5.88. The second kappa shape index (κ2) is 5.96. The van der Waals surface area contributed by atoms with Crippen LogP contribution in [-0.2, 0) is 11.4 Å². The molecule has 0 unspecified atom stereocenters. The van der Waals surface area contributed by atoms with Crippen molar-refractivity contribution < 1.29 is 14.3 Å². The molecule has 0 fully saturated rings. The van der Waals surface area contributed by atoms with Crippen LogP contribution in [0.4, 0.5) is 4.53 Å². The number of carbonyl (C=O) groups excluding carboxylic acids is 1. The lowest BCUT2D eigenvalue weighted by Gasteiger charge is -2.04. The zero-order valence-corrected chi connectivity index (χ0v) is 10.3. The summed E-state index contributed by atoms with van der Waals surface area (Å²) in [6.07, 6.45) is 2.69. The van der Waals surface area contributed by atoms with Crippen molar-refractivity contribution >= 4 is 5.97 Å². The van der Waals surface area contributed by atoms with Gasteiger partial charge in [0.25, 0.3) is 0 Å². The smallest absolute Gasteiger partial charge is 0.249 e. The Bertz CT molecular complexity index is 571. The molecule has 2 aromatic rings. The number of benzene rings is 2. The minimum absolute atomic E-state index is 0.189. The molecule has 0 N–H and O–H groups in total. The first kappa shape index (κ1) is 13.0. The summed E-state index contributed by atoms with van der Waals surface area (Å²) in [5, 5.41) is 0. The van der Waals surface area contributed by atoms with Crippen LogP contribution in [0.15, 0.2) is 61.2 Å². The molecule has 0 aliphatic heterocycles. The van der Waals surface area contributed by atoms with Crippen LogP contribution in [0.25, 0.3) is 11.1 Å². The SMILES string of the molecule is C=CCc1ccc(-c2ccc(C(=O)OF)cc2)cc1. The number of hydrogen-bond acceptors (Lipinski definition) is 2. The topological polar surface area (TPSA) is 26.3 Å². The van der Waals surface area contributed by atoms with E-state index in [1.54, 1.807) is 12.1 Å².